The van der Waals surface area contributed by atoms with Crippen LogP contribution >= 0.6 is 0 Å². The summed E-state index contributed by atoms with van der Waals surface area (Å²) in [7, 11) is 0. The van der Waals surface area contributed by atoms with Crippen molar-refractivity contribution in [3.63, 3.8) is 0 Å². The fourth-order valence-corrected chi connectivity index (χ4v) is 80.6. The molecular formula is C126H204O18Sn6. The van der Waals surface area contributed by atoms with Crippen LogP contribution in [0, 0.1) is 0 Å². The fourth-order valence-electron chi connectivity index (χ4n) is 20.1. The summed E-state index contributed by atoms with van der Waals surface area (Å²) < 4.78 is 102. The molecule has 0 unspecified atom stereocenters. The molecule has 1 aliphatic rings. The standard InChI is InChI=1S/6C13H18O3.12C4H9.6Sn/c6*1-7(2)9-5-10(8(3)4)12(14)11(6-9)13(15)16;12*1-3-4-2;;;;;;/h6*5-8,14H,1-4H3,(H,15,16);12*1,3-4H2,2H3;;;;;;/q;;;;;;;;;;;;;;;;;;6*+2/p-12. The minimum atomic E-state index is -5.26. The average molecular weight is 2720 g/mol. The van der Waals surface area contributed by atoms with Crippen LogP contribution in [0.4, 0.5) is 0 Å². The van der Waals surface area contributed by atoms with E-state index in [1.807, 2.05) is 36.4 Å². The zero-order chi connectivity index (χ0) is 112. The van der Waals surface area contributed by atoms with Crippen LogP contribution in [0.2, 0.25) is 53.2 Å². The van der Waals surface area contributed by atoms with Crippen LogP contribution in [0.15, 0.2) is 72.8 Å². The van der Waals surface area contributed by atoms with Crippen LogP contribution in [-0.2, 0) is 18.4 Å². The average Bonchev–Trinajstić information content (AvgIpc) is 0.761. The number of hydrogen-bond donors (Lipinski definition) is 0. The van der Waals surface area contributed by atoms with Crippen LogP contribution in [0.5, 0.6) is 34.5 Å². The molecule has 0 bridgehead atoms. The summed E-state index contributed by atoms with van der Waals surface area (Å²) >= 11 is -31.6. The Morgan fingerprint density at radius 3 is 0.333 bits per heavy atom. The van der Waals surface area contributed by atoms with Crippen molar-refractivity contribution in [2.75, 3.05) is 0 Å². The number of rotatable bonds is 48. The second kappa shape index (κ2) is 63.1. The second-order valence-corrected chi connectivity index (χ2v) is 103. The first kappa shape index (κ1) is 133. The van der Waals surface area contributed by atoms with Crippen LogP contribution in [0.25, 0.3) is 0 Å². The van der Waals surface area contributed by atoms with Gasteiger partial charge in [-0.1, -0.05) is 0 Å². The van der Waals surface area contributed by atoms with E-state index in [0.29, 0.717) is 165 Å². The maximum absolute atomic E-state index is 17.3. The summed E-state index contributed by atoms with van der Waals surface area (Å²) in [6.45, 7) is 77.3. The van der Waals surface area contributed by atoms with Gasteiger partial charge in [0, 0.05) is 0 Å². The molecule has 0 amide bonds. The Morgan fingerprint density at radius 1 is 0.153 bits per heavy atom. The Morgan fingerprint density at radius 2 is 0.253 bits per heavy atom. The number of carbonyl (C=O) groups is 6. The van der Waals surface area contributed by atoms with E-state index in [2.05, 4.69) is 286 Å². The van der Waals surface area contributed by atoms with Crippen molar-refractivity contribution in [2.45, 2.75) is 528 Å². The Hall–Kier alpha value is -4.27. The Balaban J connectivity index is 1.81. The van der Waals surface area contributed by atoms with Crippen molar-refractivity contribution in [1.29, 1.82) is 0 Å². The molecule has 0 aromatic heterocycles. The molecule has 18 nitrogen and oxygen atoms in total. The van der Waals surface area contributed by atoms with Crippen LogP contribution < -0.4 is 18.4 Å². The van der Waals surface area contributed by atoms with Crippen LogP contribution in [0.1, 0.15) is 603 Å². The molecule has 150 heavy (non-hydrogen) atoms. The maximum atomic E-state index is 17.3. The summed E-state index contributed by atoms with van der Waals surface area (Å²) in [5.41, 5.74) is 11.9. The van der Waals surface area contributed by atoms with Gasteiger partial charge < -0.3 is 0 Å². The van der Waals surface area contributed by atoms with Gasteiger partial charge in [0.25, 0.3) is 0 Å². The summed E-state index contributed by atoms with van der Waals surface area (Å²) in [4.78, 5) is 104. The van der Waals surface area contributed by atoms with E-state index in [-0.39, 0.29) is 104 Å². The monoisotopic (exact) mass is 2720 g/mol. The Labute approximate surface area is 941 Å². The van der Waals surface area contributed by atoms with Crippen LogP contribution in [-0.4, -0.2) is 151 Å². The van der Waals surface area contributed by atoms with Crippen molar-refractivity contribution in [3.8, 4) is 34.5 Å². The SMILES string of the molecule is CCC[CH2][Sn]1([CH2]CCC)[O]C(=O)c2cc(C(C)C)cc(C(C)C)c2[O][Sn]([CH2]CCC)([CH2]CCC)[O]C(=O)c2cc(C(C)C)cc(C(C)C)c2[O][Sn]([CH2]CCC)([CH2]CCC)[O]C(=O)c2cc(C(C)C)cc(C(C)C)c2[O][Sn]([CH2]CCC)([CH2]CCC)[O]C(=O)c2cc(C(C)C)cc(C(C)C)c2[O][Sn]([CH2]CCC)([CH2]CCC)[O]C(=O)c2cc(C(C)C)cc(C(C)C)c2[O][Sn]([CH2]CCC)([CH2]CCC)[O]C(=O)c2cc(C(C)C)cc(C(C)C)c2[O]1. The van der Waals surface area contributed by atoms with Crippen molar-refractivity contribution in [2.24, 2.45) is 0 Å². The molecule has 0 N–H and O–H groups in total. The van der Waals surface area contributed by atoms with Gasteiger partial charge in [-0.2, -0.15) is 0 Å². The third-order valence-corrected chi connectivity index (χ3v) is 87.8. The van der Waals surface area contributed by atoms with E-state index in [0.717, 1.165) is 144 Å². The van der Waals surface area contributed by atoms with Gasteiger partial charge in [0.2, 0.25) is 0 Å². The molecule has 0 fully saturated rings. The van der Waals surface area contributed by atoms with Gasteiger partial charge in [0.05, 0.1) is 0 Å². The summed E-state index contributed by atoms with van der Waals surface area (Å²) in [6.07, 6.45) is 17.3. The third-order valence-electron chi connectivity index (χ3n) is 30.2. The fraction of sp³-hybridized carbons (Fsp3) is 0.667. The van der Waals surface area contributed by atoms with Gasteiger partial charge in [0.15, 0.2) is 0 Å². The number of hydrogen-bond acceptors (Lipinski definition) is 18. The summed E-state index contributed by atoms with van der Waals surface area (Å²) in [5, 5.41) is 0. The van der Waals surface area contributed by atoms with E-state index in [9.17, 15) is 0 Å². The molecule has 0 saturated carbocycles. The van der Waals surface area contributed by atoms with E-state index < -0.39 is 151 Å². The van der Waals surface area contributed by atoms with Crippen molar-refractivity contribution in [1.82, 2.24) is 0 Å². The molecule has 840 valence electrons. The number of benzene rings is 6. The number of unbranched alkanes of at least 4 members (excludes halogenated alkanes) is 12. The summed E-state index contributed by atoms with van der Waals surface area (Å²) in [5.74, 6) is -2.81. The van der Waals surface area contributed by atoms with Crippen molar-refractivity contribution < 1.29 is 65.7 Å². The molecule has 1 aliphatic heterocycles. The Bertz CT molecular complexity index is 4430. The number of fused-ring (bicyclic) bond motifs is 6. The Kier molecular flexibility index (Phi) is 55.8. The molecule has 6 aromatic carbocycles. The van der Waals surface area contributed by atoms with Crippen molar-refractivity contribution >= 4 is 151 Å². The predicted molar refractivity (Wildman–Crippen MR) is 635 cm³/mol. The minimum absolute atomic E-state index is 0.0538. The molecule has 24 heteroatoms. The van der Waals surface area contributed by atoms with Gasteiger partial charge in [0.1, 0.15) is 0 Å². The third kappa shape index (κ3) is 36.4. The van der Waals surface area contributed by atoms with Gasteiger partial charge >= 0.3 is 952 Å². The first-order chi connectivity index (χ1) is 71.0. The predicted octanol–water partition coefficient (Wildman–Crippen LogP) is 39.1. The first-order valence-corrected chi connectivity index (χ1v) is 97.8. The number of carbonyl (C=O) groups excluding carboxylic acids is 6. The van der Waals surface area contributed by atoms with E-state index in [1.54, 1.807) is 0 Å². The quantitative estimate of drug-likeness (QED) is 0.0325. The van der Waals surface area contributed by atoms with Crippen LogP contribution in [0.3, 0.4) is 0 Å². The zero-order valence-electron chi connectivity index (χ0n) is 101. The van der Waals surface area contributed by atoms with E-state index in [4.69, 9.17) is 36.9 Å². The molecule has 1 heterocycles. The van der Waals surface area contributed by atoms with E-state index >= 15 is 28.8 Å². The first-order valence-electron chi connectivity index (χ1n) is 59.6. The molecule has 0 spiro atoms. The molecular weight excluding hydrogens is 2510 g/mol. The van der Waals surface area contributed by atoms with Crippen molar-refractivity contribution in [3.05, 3.63) is 173 Å². The molecule has 0 atom stereocenters. The molecule has 0 radical (unpaired) electrons. The molecule has 7 rings (SSSR count). The molecule has 0 aliphatic carbocycles. The van der Waals surface area contributed by atoms with Gasteiger partial charge in [-0.15, -0.1) is 0 Å². The summed E-state index contributed by atoms with van der Waals surface area (Å²) in [6, 6.07) is 24.9. The van der Waals surface area contributed by atoms with Gasteiger partial charge in [-0.25, -0.2) is 0 Å². The van der Waals surface area contributed by atoms with Gasteiger partial charge in [-0.05, 0) is 0 Å². The topological polar surface area (TPSA) is 213 Å². The normalized spacial score (nSPS) is 15.9. The second-order valence-electron chi connectivity index (χ2n) is 47.4. The zero-order valence-corrected chi connectivity index (χ0v) is 118. The molecule has 0 saturated heterocycles. The van der Waals surface area contributed by atoms with Gasteiger partial charge in [-0.3, -0.25) is 0 Å². The molecule has 6 aromatic rings. The van der Waals surface area contributed by atoms with E-state index in [1.165, 1.54) is 0 Å².